The second-order valence-electron chi connectivity index (χ2n) is 19.4. The van der Waals surface area contributed by atoms with Crippen LogP contribution in [0.4, 0.5) is 0 Å². The number of benzene rings is 6. The normalized spacial score (nSPS) is 15.4. The summed E-state index contributed by atoms with van der Waals surface area (Å²) in [6.45, 7) is 11.7. The third kappa shape index (κ3) is 15.6. The summed E-state index contributed by atoms with van der Waals surface area (Å²) in [5.74, 6) is 0. The number of hydrogen-bond acceptors (Lipinski definition) is 0. The standard InChI is InChI=1S/2C30H33.C2H4Si.4ClH.2Zr/c2*1-2-30(18-8-4-3-5-9-19-30)22-23-20-25-14-11-17-28(29(25)21-23)27-16-10-13-24-12-6-7-15-26(24)27;1-3-2;;;;;;/h2*6-7,10-17,20-21H,2-5,8-9,18-19,22H2,1H3;1-2H2;4*1H;;/q2*-1;-2;;;;;2*+4/p-4. The maximum atomic E-state index is 4.93. The second-order valence-corrected chi connectivity index (χ2v) is 27.4. The van der Waals surface area contributed by atoms with E-state index >= 15 is 0 Å². The first-order chi connectivity index (χ1) is 33.8. The first-order valence-corrected chi connectivity index (χ1v) is 39.4. The van der Waals surface area contributed by atoms with E-state index in [1.807, 2.05) is 0 Å². The molecule has 0 N–H and O–H groups in total. The van der Waals surface area contributed by atoms with Crippen molar-refractivity contribution in [1.82, 2.24) is 0 Å². The van der Waals surface area contributed by atoms with Gasteiger partial charge in [-0.2, -0.15) is 12.1 Å². The van der Waals surface area contributed by atoms with Gasteiger partial charge in [0.1, 0.15) is 0 Å². The van der Waals surface area contributed by atoms with Crippen molar-refractivity contribution < 1.29 is 41.7 Å². The Morgan fingerprint density at radius 1 is 0.435 bits per heavy atom. The summed E-state index contributed by atoms with van der Waals surface area (Å²) in [6.07, 6.45) is 25.0. The molecule has 0 saturated heterocycles. The molecular weight excluding hydrogens is 1100 g/mol. The molecule has 69 heavy (non-hydrogen) atoms. The molecule has 358 valence electrons. The summed E-state index contributed by atoms with van der Waals surface area (Å²) in [6, 6.07) is 54.5. The summed E-state index contributed by atoms with van der Waals surface area (Å²) in [5, 5.41) is 11.0. The molecule has 0 bridgehead atoms. The van der Waals surface area contributed by atoms with E-state index in [1.165, 1.54) is 181 Å². The van der Waals surface area contributed by atoms with Gasteiger partial charge in [-0.15, -0.1) is 69.1 Å². The van der Waals surface area contributed by atoms with Crippen LogP contribution in [0.25, 0.3) is 65.3 Å². The molecular formula is C62H70Cl4SiZr2. The molecule has 7 heteroatoms. The zero-order valence-electron chi connectivity index (χ0n) is 41.0. The molecule has 0 aliphatic heterocycles. The Balaban J connectivity index is 0.000000194. The first-order valence-electron chi connectivity index (χ1n) is 25.4. The summed E-state index contributed by atoms with van der Waals surface area (Å²) in [4.78, 5) is 0. The van der Waals surface area contributed by atoms with Crippen LogP contribution >= 0.6 is 34.1 Å². The average molecular weight is 1170 g/mol. The molecule has 2 aliphatic carbocycles. The van der Waals surface area contributed by atoms with Crippen molar-refractivity contribution in [2.24, 2.45) is 10.8 Å². The molecule has 8 aromatic carbocycles. The minimum atomic E-state index is -0.826. The van der Waals surface area contributed by atoms with E-state index in [9.17, 15) is 0 Å². The van der Waals surface area contributed by atoms with Crippen LogP contribution in [0.5, 0.6) is 0 Å². The van der Waals surface area contributed by atoms with Gasteiger partial charge in [-0.3, -0.25) is 0 Å². The minimum absolute atomic E-state index is 0.504. The van der Waals surface area contributed by atoms with Crippen molar-refractivity contribution >= 4 is 86.7 Å². The predicted molar refractivity (Wildman–Crippen MR) is 302 cm³/mol. The zero-order chi connectivity index (χ0) is 48.9. The maximum absolute atomic E-state index is 4.93. The van der Waals surface area contributed by atoms with Gasteiger partial charge in [-0.1, -0.05) is 199 Å². The van der Waals surface area contributed by atoms with Gasteiger partial charge in [-0.05, 0) is 82.0 Å². The van der Waals surface area contributed by atoms with E-state index < -0.39 is 41.7 Å². The van der Waals surface area contributed by atoms with Crippen molar-refractivity contribution in [2.45, 2.75) is 129 Å². The summed E-state index contributed by atoms with van der Waals surface area (Å²) in [7, 11) is 20.3. The monoisotopic (exact) mass is 1160 g/mol. The quantitative estimate of drug-likeness (QED) is 0.105. The molecule has 10 rings (SSSR count). The van der Waals surface area contributed by atoms with Crippen LogP contribution in [0, 0.1) is 23.9 Å². The van der Waals surface area contributed by atoms with E-state index in [0.717, 1.165) is 0 Å². The second kappa shape index (κ2) is 29.8. The number of rotatable bonds is 8. The van der Waals surface area contributed by atoms with Crippen LogP contribution in [-0.4, -0.2) is 9.52 Å². The van der Waals surface area contributed by atoms with Crippen molar-refractivity contribution in [3.05, 3.63) is 170 Å². The van der Waals surface area contributed by atoms with Crippen LogP contribution in [-0.2, 0) is 54.5 Å². The van der Waals surface area contributed by atoms with Crippen LogP contribution in [0.15, 0.2) is 146 Å². The zero-order valence-corrected chi connectivity index (χ0v) is 50.0. The van der Waals surface area contributed by atoms with Crippen LogP contribution in [0.1, 0.15) is 128 Å². The molecule has 0 aromatic heterocycles. The van der Waals surface area contributed by atoms with Crippen LogP contribution in [0.3, 0.4) is 0 Å². The summed E-state index contributed by atoms with van der Waals surface area (Å²) in [5.41, 5.74) is 9.55. The van der Waals surface area contributed by atoms with Gasteiger partial charge in [0.05, 0.1) is 0 Å². The molecule has 2 saturated carbocycles. The third-order valence-electron chi connectivity index (χ3n) is 15.3. The Bertz CT molecular complexity index is 2540. The molecule has 2 radical (unpaired) electrons. The number of halogens is 4. The van der Waals surface area contributed by atoms with Gasteiger partial charge in [0.2, 0.25) is 0 Å². The van der Waals surface area contributed by atoms with E-state index in [-0.39, 0.29) is 0 Å². The molecule has 0 unspecified atom stereocenters. The van der Waals surface area contributed by atoms with Crippen molar-refractivity contribution in [3.63, 3.8) is 0 Å². The fourth-order valence-corrected chi connectivity index (χ4v) is 11.7. The molecule has 8 aromatic rings. The Hall–Kier alpha value is -1.80. The summed E-state index contributed by atoms with van der Waals surface area (Å²) >= 11 is -1.65. The molecule has 0 heterocycles. The molecule has 0 atom stereocenters. The topological polar surface area (TPSA) is 0 Å². The Morgan fingerprint density at radius 3 is 1.07 bits per heavy atom. The van der Waals surface area contributed by atoms with Crippen molar-refractivity contribution in [1.29, 1.82) is 0 Å². The van der Waals surface area contributed by atoms with E-state index in [4.69, 9.17) is 34.1 Å². The SMILES string of the molecule is CCC1(Cc2cc3c(-c4cccc5ccccc45)cccc3[cH-]2)CCCCCCC1.CCC1(Cc2cc3c(-c4cccc5ccccc45)cccc3[cH-]2)CCCCCCC1.[CH2-][Si][CH2-].[Cl][Zr+2][Cl].[Cl][Zr+2][Cl]. The molecule has 0 nitrogen and oxygen atoms in total. The van der Waals surface area contributed by atoms with Gasteiger partial charge in [-0.25, -0.2) is 0 Å². The molecule has 2 fully saturated rings. The van der Waals surface area contributed by atoms with Gasteiger partial charge >= 0.3 is 75.7 Å². The van der Waals surface area contributed by atoms with Gasteiger partial charge in [0.25, 0.3) is 0 Å². The molecule has 2 aliphatic rings. The van der Waals surface area contributed by atoms with Crippen molar-refractivity contribution in [3.8, 4) is 22.3 Å². The molecule has 0 spiro atoms. The van der Waals surface area contributed by atoms with Gasteiger partial charge in [0.15, 0.2) is 0 Å². The fraction of sp³-hybridized carbons (Fsp3) is 0.355. The van der Waals surface area contributed by atoms with Gasteiger partial charge in [0, 0.05) is 0 Å². The third-order valence-corrected chi connectivity index (χ3v) is 15.3. The van der Waals surface area contributed by atoms with Crippen LogP contribution < -0.4 is 0 Å². The number of hydrogen-bond donors (Lipinski definition) is 0. The van der Waals surface area contributed by atoms with Crippen molar-refractivity contribution in [2.75, 3.05) is 0 Å². The van der Waals surface area contributed by atoms with E-state index in [1.54, 1.807) is 11.1 Å². The fourth-order valence-electron chi connectivity index (χ4n) is 11.7. The summed E-state index contributed by atoms with van der Waals surface area (Å²) < 4.78 is 0. The number of fused-ring (bicyclic) bond motifs is 4. The predicted octanol–water partition coefficient (Wildman–Crippen LogP) is 21.2. The molecule has 0 amide bonds. The average Bonchev–Trinajstić information content (AvgIpc) is 3.97. The van der Waals surface area contributed by atoms with E-state index in [2.05, 4.69) is 173 Å². The Labute approximate surface area is 455 Å². The Morgan fingerprint density at radius 2 is 0.725 bits per heavy atom. The first kappa shape index (κ1) is 56.5. The van der Waals surface area contributed by atoms with Crippen LogP contribution in [0.2, 0.25) is 0 Å². The Kier molecular flexibility index (Phi) is 24.4. The van der Waals surface area contributed by atoms with E-state index in [0.29, 0.717) is 20.3 Å². The van der Waals surface area contributed by atoms with Gasteiger partial charge < -0.3 is 22.6 Å².